The van der Waals surface area contributed by atoms with Crippen molar-refractivity contribution in [2.75, 3.05) is 59.8 Å². The number of carbonyl (C=O) groups is 4. The van der Waals surface area contributed by atoms with Crippen LogP contribution in [0.1, 0.15) is 76.4 Å². The first-order chi connectivity index (χ1) is 60.7. The van der Waals surface area contributed by atoms with Crippen molar-refractivity contribution in [3.8, 4) is 40.2 Å². The molecule has 17 atom stereocenters. The highest BCUT2D eigenvalue weighted by Gasteiger charge is 2.47. The summed E-state index contributed by atoms with van der Waals surface area (Å²) in [4.78, 5) is 48.5. The number of aromatic hydroxyl groups is 2. The fourth-order valence-electron chi connectivity index (χ4n) is 15.7. The van der Waals surface area contributed by atoms with Gasteiger partial charge in [0, 0.05) is 43.7 Å². The first kappa shape index (κ1) is 89.8. The zero-order valence-corrected chi connectivity index (χ0v) is 69.5. The Morgan fingerprint density at radius 3 is 1.32 bits per heavy atom. The van der Waals surface area contributed by atoms with E-state index >= 15 is 0 Å². The van der Waals surface area contributed by atoms with Crippen LogP contribution >= 0.6 is 0 Å². The summed E-state index contributed by atoms with van der Waals surface area (Å²) >= 11 is 0. The molecule has 0 spiro atoms. The molecule has 0 aliphatic carbocycles. The highest BCUT2D eigenvalue weighted by molar-refractivity contribution is 7.89. The van der Waals surface area contributed by atoms with Gasteiger partial charge in [-0.05, 0) is 133 Å². The first-order valence-electron chi connectivity index (χ1n) is 41.6. The van der Waals surface area contributed by atoms with Crippen LogP contribution in [0.4, 0.5) is 14.4 Å². The number of ether oxygens (including phenoxy) is 14. The third-order valence-electron chi connectivity index (χ3n) is 22.5. The minimum atomic E-state index is -4.21. The molecule has 3 amide bonds. The lowest BCUT2D eigenvalue weighted by Gasteiger charge is -2.30. The van der Waals surface area contributed by atoms with Gasteiger partial charge in [-0.15, -0.1) is 0 Å². The molecule has 0 radical (unpaired) electrons. The number of carbonyl (C=O) groups excluding carboxylic acids is 4. The number of aldehydes is 1. The van der Waals surface area contributed by atoms with Gasteiger partial charge in [0.25, 0.3) is 12.6 Å². The highest BCUT2D eigenvalue weighted by Crippen LogP contribution is 2.43. The molecule has 11 N–H and O–H groups in total. The van der Waals surface area contributed by atoms with Crippen LogP contribution in [-0.4, -0.2) is 196 Å². The molecule has 17 unspecified atom stereocenters. The topological polar surface area (TPSA) is 410 Å². The van der Waals surface area contributed by atoms with Crippen LogP contribution in [0.15, 0.2) is 235 Å². The van der Waals surface area contributed by atoms with Gasteiger partial charge in [-0.25, -0.2) is 22.8 Å². The molecule has 0 saturated carbocycles. The lowest BCUT2D eigenvalue weighted by atomic mass is 10.0. The minimum absolute atomic E-state index is 0.0463. The standard InChI is InChI=1S/C31H36N2O10S.C31H34N2O7.C16H22N2O5.C15H12O3/c1-40-22-8-10-23(11-9-22)44(38,39)33(17-21-7-12-26(34)27(35)16-21)18-28(36)25(15-20-5-3-2-4-6-20)32-31(37)43-29-19-42-30-24(29)13-14-41-30;34-25(18-32-17-21-11-12-26-27(16-21)39-29(38-26)22-9-5-2-6-10-22)24(15-20-7-3-1-4-8-20)33-31(35)40-28-19-37-30-23(28)13-14-36-30;17-14(19)12(8-10-4-2-1-3-5-10)18-16(20)23-13-9-22-15-11(13)6-7-21-15;16-9-8-11-6-7-13-14(10-11)18-15(17-13)12-4-2-1-3-5-12/h2-12,16,24-25,28-30,34-36H,13-15,17-19H2,1H3,(H,32,37);1-12,16,23-25,28-30,32,34H,13-15,17-19H2,(H,33,35);1-5,11-15,19H,6-9,17H2,(H,18,20);1-7,9-10,15H,8H2. The maximum Gasteiger partial charge on any atom is 0.407 e. The number of phenols is 2. The largest absolute Gasteiger partial charge is 0.504 e. The number of phenolic OH excluding ortho intramolecular Hbond substituents is 2. The molecule has 6 fully saturated rings. The Morgan fingerprint density at radius 1 is 0.472 bits per heavy atom. The number of hydrogen-bond donors (Lipinski definition) is 10. The van der Waals surface area contributed by atoms with Crippen molar-refractivity contribution >= 4 is 34.6 Å². The molecule has 662 valence electrons. The molecule has 9 aromatic rings. The minimum Gasteiger partial charge on any atom is -0.504 e. The van der Waals surface area contributed by atoms with Crippen LogP contribution in [0, 0.1) is 17.8 Å². The zero-order chi connectivity index (χ0) is 87.2. The molecule has 8 heterocycles. The van der Waals surface area contributed by atoms with Crippen LogP contribution in [0.5, 0.6) is 40.2 Å². The maximum absolute atomic E-state index is 13.9. The number of methoxy groups -OCH3 is 1. The van der Waals surface area contributed by atoms with Crippen molar-refractivity contribution in [1.29, 1.82) is 0 Å². The average Bonchev–Trinajstić information content (AvgIpc) is 1.76. The van der Waals surface area contributed by atoms with E-state index in [1.807, 2.05) is 188 Å². The highest BCUT2D eigenvalue weighted by atomic mass is 32.2. The smallest absolute Gasteiger partial charge is 0.407 e. The average molecular weight is 1740 g/mol. The Hall–Kier alpha value is -11.5. The number of amides is 3. The second-order valence-corrected chi connectivity index (χ2v) is 33.1. The molecule has 0 aromatic heterocycles. The third-order valence-corrected chi connectivity index (χ3v) is 24.3. The number of aliphatic hydroxyl groups is 3. The predicted molar refractivity (Wildman–Crippen MR) is 451 cm³/mol. The number of benzene rings is 9. The van der Waals surface area contributed by atoms with Gasteiger partial charge >= 0.3 is 18.3 Å². The summed E-state index contributed by atoms with van der Waals surface area (Å²) in [6, 6.07) is 67.0. The summed E-state index contributed by atoms with van der Waals surface area (Å²) in [5.74, 6) is 2.55. The number of aliphatic hydroxyl groups excluding tert-OH is 3. The second-order valence-electron chi connectivity index (χ2n) is 31.2. The van der Waals surface area contributed by atoms with Crippen LogP contribution in [0.3, 0.4) is 0 Å². The molecular weight excluding hydrogens is 1630 g/mol. The Bertz CT molecular complexity index is 5080. The fourth-order valence-corrected chi connectivity index (χ4v) is 17.2. The maximum atomic E-state index is 13.9. The normalized spacial score (nSPS) is 22.9. The molecule has 0 bridgehead atoms. The van der Waals surface area contributed by atoms with E-state index in [-0.39, 0.29) is 79.3 Å². The van der Waals surface area contributed by atoms with Crippen LogP contribution in [-0.2, 0) is 96.2 Å². The molecule has 17 rings (SSSR count). The zero-order valence-electron chi connectivity index (χ0n) is 68.7. The molecule has 31 nitrogen and oxygen atoms in total. The SMILES string of the molecule is COc1ccc(S(=O)(=O)N(Cc2ccc(O)c(O)c2)CC(O)C(Cc2ccccc2)NC(=O)OC2COC3OCCC23)cc1.NC(O)C(Cc1ccccc1)NC(=O)OC1COC2OCCC12.O=C(NC(Cc1ccccc1)C(O)CNCc1ccc2c(c1)OC(c1ccccc1)O2)OC1COC2OCCC12.O=CCc1ccc2c(c1)OC(c1ccccc1)O2. The number of nitrogens with zero attached hydrogens (tertiary/aromatic N) is 1. The van der Waals surface area contributed by atoms with Crippen molar-refractivity contribution in [3.63, 3.8) is 0 Å². The summed E-state index contributed by atoms with van der Waals surface area (Å²) in [7, 11) is -2.74. The van der Waals surface area contributed by atoms with Gasteiger partial charge in [-0.3, -0.25) is 0 Å². The van der Waals surface area contributed by atoms with Crippen LogP contribution in [0.25, 0.3) is 0 Å². The van der Waals surface area contributed by atoms with E-state index in [1.54, 1.807) is 0 Å². The molecule has 6 saturated heterocycles. The lowest BCUT2D eigenvalue weighted by molar-refractivity contribution is -0.107. The Morgan fingerprint density at radius 2 is 0.880 bits per heavy atom. The van der Waals surface area contributed by atoms with Crippen molar-refractivity contribution < 1.29 is 119 Å². The van der Waals surface area contributed by atoms with Crippen molar-refractivity contribution in [2.45, 2.75) is 149 Å². The van der Waals surface area contributed by atoms with Crippen molar-refractivity contribution in [3.05, 3.63) is 275 Å². The van der Waals surface area contributed by atoms with E-state index in [0.29, 0.717) is 93.8 Å². The quantitative estimate of drug-likeness (QED) is 0.00866. The van der Waals surface area contributed by atoms with Gasteiger partial charge < -0.3 is 124 Å². The summed E-state index contributed by atoms with van der Waals surface area (Å²) in [6.45, 7) is 2.70. The Labute approximate surface area is 723 Å². The lowest BCUT2D eigenvalue weighted by Crippen LogP contribution is -2.51. The summed E-state index contributed by atoms with van der Waals surface area (Å²) in [5, 5.41) is 63.7. The molecule has 125 heavy (non-hydrogen) atoms. The van der Waals surface area contributed by atoms with Gasteiger partial charge in [0.1, 0.15) is 36.6 Å². The number of sulfonamides is 1. The van der Waals surface area contributed by atoms with Gasteiger partial charge in [0.15, 0.2) is 53.4 Å². The van der Waals surface area contributed by atoms with Crippen LogP contribution < -0.4 is 50.7 Å². The second kappa shape index (κ2) is 43.4. The number of nitrogens with one attached hydrogen (secondary N) is 4. The molecule has 8 aliphatic rings. The predicted octanol–water partition coefficient (Wildman–Crippen LogP) is 9.72. The van der Waals surface area contributed by atoms with Gasteiger partial charge in [-0.1, -0.05) is 170 Å². The van der Waals surface area contributed by atoms with Crippen molar-refractivity contribution in [1.82, 2.24) is 25.6 Å². The number of hydrogen-bond acceptors (Lipinski definition) is 27. The first-order valence-corrected chi connectivity index (χ1v) is 43.0. The summed E-state index contributed by atoms with van der Waals surface area (Å²) in [6.07, 6.45) is -3.71. The molecule has 8 aliphatic heterocycles. The number of fused-ring (bicyclic) bond motifs is 5. The van der Waals surface area contributed by atoms with E-state index in [4.69, 9.17) is 72.0 Å². The third kappa shape index (κ3) is 24.4. The Kier molecular flexibility index (Phi) is 31.2. The van der Waals surface area contributed by atoms with Gasteiger partial charge in [0.05, 0.1) is 99.7 Å². The fraction of sp³-hybridized carbons (Fsp3) is 0.376. The van der Waals surface area contributed by atoms with Gasteiger partial charge in [0.2, 0.25) is 10.0 Å². The number of alkyl carbamates (subject to hydrolysis) is 3. The van der Waals surface area contributed by atoms with Gasteiger partial charge in [-0.2, -0.15) is 4.31 Å². The number of rotatable bonds is 30. The van der Waals surface area contributed by atoms with E-state index < -0.39 is 102 Å². The van der Waals surface area contributed by atoms with E-state index in [0.717, 1.165) is 68.1 Å². The van der Waals surface area contributed by atoms with E-state index in [2.05, 4.69) is 21.3 Å². The summed E-state index contributed by atoms with van der Waals surface area (Å²) in [5.41, 5.74) is 12.6. The van der Waals surface area contributed by atoms with E-state index in [1.165, 1.54) is 49.6 Å². The summed E-state index contributed by atoms with van der Waals surface area (Å²) < 4.78 is 107. The molecule has 32 heteroatoms. The Balaban J connectivity index is 0.000000143. The van der Waals surface area contributed by atoms with Crippen molar-refractivity contribution in [2.24, 2.45) is 23.5 Å². The monoisotopic (exact) mass is 1740 g/mol. The van der Waals surface area contributed by atoms with Crippen LogP contribution in [0.2, 0.25) is 0 Å². The number of nitrogens with two attached hydrogens (primary N) is 1. The molecule has 9 aromatic carbocycles. The van der Waals surface area contributed by atoms with E-state index in [9.17, 15) is 53.1 Å². The molecular formula is C93H104N6O25S.